The summed E-state index contributed by atoms with van der Waals surface area (Å²) >= 11 is 5.96. The number of piperidine rings is 1. The molecule has 0 N–H and O–H groups in total. The number of aryl methyl sites for hydroxylation is 1. The molecule has 1 heterocycles. The van der Waals surface area contributed by atoms with Crippen molar-refractivity contribution in [3.05, 3.63) is 28.8 Å². The Morgan fingerprint density at radius 2 is 1.78 bits per heavy atom. The molecule has 0 atom stereocenters. The third kappa shape index (κ3) is 4.03. The smallest absolute Gasteiger partial charge is 0.0904 e. The summed E-state index contributed by atoms with van der Waals surface area (Å²) in [4.78, 5) is 0. The highest BCUT2D eigenvalue weighted by molar-refractivity contribution is 6.30. The lowest BCUT2D eigenvalue weighted by atomic mass is 9.79. The number of halogens is 1. The van der Waals surface area contributed by atoms with Crippen molar-refractivity contribution < 1.29 is 5.21 Å². The van der Waals surface area contributed by atoms with Crippen LogP contribution in [-0.4, -0.2) is 34.2 Å². The van der Waals surface area contributed by atoms with Gasteiger partial charge in [0.05, 0.1) is 11.7 Å². The van der Waals surface area contributed by atoms with Gasteiger partial charge in [-0.15, -0.1) is 15.4 Å². The molecule has 0 unspecified atom stereocenters. The highest BCUT2D eigenvalue weighted by Crippen LogP contribution is 2.39. The highest BCUT2D eigenvalue weighted by Gasteiger charge is 2.47. The molecule has 23 heavy (non-hydrogen) atoms. The third-order valence-corrected chi connectivity index (χ3v) is 4.79. The van der Waals surface area contributed by atoms with Crippen LogP contribution in [0.2, 0.25) is 5.02 Å². The molecule has 1 saturated heterocycles. The van der Waals surface area contributed by atoms with E-state index < -0.39 is 11.1 Å². The van der Waals surface area contributed by atoms with E-state index in [4.69, 9.17) is 11.6 Å². The Labute approximate surface area is 143 Å². The van der Waals surface area contributed by atoms with Gasteiger partial charge in [0.1, 0.15) is 0 Å². The summed E-state index contributed by atoms with van der Waals surface area (Å²) in [6.07, 6.45) is 1.52. The van der Waals surface area contributed by atoms with Crippen molar-refractivity contribution in [1.29, 1.82) is 0 Å². The van der Waals surface area contributed by atoms with Gasteiger partial charge in [0.25, 0.3) is 0 Å². The van der Waals surface area contributed by atoms with E-state index in [1.165, 1.54) is 5.06 Å². The minimum Gasteiger partial charge on any atom is -0.278 e. The van der Waals surface area contributed by atoms with Crippen molar-refractivity contribution in [1.82, 2.24) is 10.1 Å². The van der Waals surface area contributed by atoms with Crippen molar-refractivity contribution >= 4 is 17.3 Å². The van der Waals surface area contributed by atoms with Crippen LogP contribution in [0.5, 0.6) is 0 Å². The number of hydrogen-bond acceptors (Lipinski definition) is 3. The fourth-order valence-corrected chi connectivity index (χ4v) is 3.62. The van der Waals surface area contributed by atoms with Gasteiger partial charge >= 0.3 is 0 Å². The van der Waals surface area contributed by atoms with Crippen LogP contribution in [0.4, 0.5) is 5.69 Å². The molecule has 127 valence electrons. The van der Waals surface area contributed by atoms with E-state index >= 15 is 0 Å². The first-order valence-electron chi connectivity index (χ1n) is 7.91. The summed E-state index contributed by atoms with van der Waals surface area (Å²) in [7, 11) is 1.92. The van der Waals surface area contributed by atoms with Crippen molar-refractivity contribution in [3.63, 3.8) is 0 Å². The molecular formula is C17H26ClN4O. The Bertz CT molecular complexity index is 582. The van der Waals surface area contributed by atoms with Crippen LogP contribution in [0.25, 0.3) is 0 Å². The van der Waals surface area contributed by atoms with Gasteiger partial charge in [-0.2, -0.15) is 0 Å². The molecule has 1 fully saturated rings. The van der Waals surface area contributed by atoms with Crippen molar-refractivity contribution in [3.8, 4) is 0 Å². The zero-order chi connectivity index (χ0) is 17.4. The molecule has 0 bridgehead atoms. The molecule has 0 aliphatic carbocycles. The van der Waals surface area contributed by atoms with Crippen LogP contribution < -0.4 is 0 Å². The Morgan fingerprint density at radius 3 is 2.30 bits per heavy atom. The van der Waals surface area contributed by atoms with E-state index in [0.29, 0.717) is 5.02 Å². The highest BCUT2D eigenvalue weighted by atomic mass is 35.5. The van der Waals surface area contributed by atoms with E-state index in [0.717, 1.165) is 24.1 Å². The first-order chi connectivity index (χ1) is 10.5. The topological polar surface area (TPSA) is 51.1 Å². The average molecular weight is 338 g/mol. The molecule has 6 heteroatoms. The van der Waals surface area contributed by atoms with E-state index in [1.807, 2.05) is 64.9 Å². The number of hydrogen-bond donors (Lipinski definition) is 0. The van der Waals surface area contributed by atoms with Crippen molar-refractivity contribution in [2.75, 3.05) is 7.05 Å². The van der Waals surface area contributed by atoms with Gasteiger partial charge in [0.15, 0.2) is 0 Å². The minimum atomic E-state index is -0.410. The van der Waals surface area contributed by atoms with Gasteiger partial charge in [-0.25, -0.2) is 0 Å². The lowest BCUT2D eigenvalue weighted by molar-refractivity contribution is -0.294. The Kier molecular flexibility index (Phi) is 5.04. The quantitative estimate of drug-likeness (QED) is 0.579. The van der Waals surface area contributed by atoms with Crippen molar-refractivity contribution in [2.45, 2.75) is 64.6 Å². The lowest BCUT2D eigenvalue weighted by Gasteiger charge is -2.51. The average Bonchev–Trinajstić information content (AvgIpc) is 2.42. The van der Waals surface area contributed by atoms with Gasteiger partial charge in [0.2, 0.25) is 0 Å². The molecule has 0 aromatic heterocycles. The third-order valence-electron chi connectivity index (χ3n) is 4.55. The van der Waals surface area contributed by atoms with E-state index in [2.05, 4.69) is 10.3 Å². The summed E-state index contributed by atoms with van der Waals surface area (Å²) < 4.78 is 0. The van der Waals surface area contributed by atoms with Crippen LogP contribution in [-0.2, 0) is 5.21 Å². The fourth-order valence-electron chi connectivity index (χ4n) is 3.40. The number of benzene rings is 1. The molecule has 1 aliphatic rings. The van der Waals surface area contributed by atoms with Crippen LogP contribution in [0, 0.1) is 6.92 Å². The molecule has 1 aliphatic heterocycles. The normalized spacial score (nSPS) is 21.7. The summed E-state index contributed by atoms with van der Waals surface area (Å²) in [5.74, 6) is 0. The lowest BCUT2D eigenvalue weighted by Crippen LogP contribution is -2.61. The predicted molar refractivity (Wildman–Crippen MR) is 92.2 cm³/mol. The Hall–Kier alpha value is -1.17. The Morgan fingerprint density at radius 1 is 1.22 bits per heavy atom. The predicted octanol–water partition coefficient (Wildman–Crippen LogP) is 4.95. The maximum atomic E-state index is 12.4. The summed E-state index contributed by atoms with van der Waals surface area (Å²) in [6, 6.07) is 5.73. The molecule has 1 aromatic rings. The summed E-state index contributed by atoms with van der Waals surface area (Å²) in [5.41, 5.74) is 0.976. The van der Waals surface area contributed by atoms with Gasteiger partial charge < -0.3 is 0 Å². The molecule has 1 aromatic carbocycles. The molecule has 2 rings (SSSR count). The van der Waals surface area contributed by atoms with Gasteiger partial charge in [-0.1, -0.05) is 16.8 Å². The van der Waals surface area contributed by atoms with Gasteiger partial charge in [-0.3, -0.25) is 5.01 Å². The van der Waals surface area contributed by atoms with Crippen LogP contribution >= 0.6 is 11.6 Å². The maximum Gasteiger partial charge on any atom is 0.0904 e. The summed E-state index contributed by atoms with van der Waals surface area (Å²) in [5, 5.41) is 24.9. The minimum absolute atomic E-state index is 0.182. The first kappa shape index (κ1) is 18.2. The molecule has 5 nitrogen and oxygen atoms in total. The van der Waals surface area contributed by atoms with Crippen LogP contribution in [0.15, 0.2) is 28.5 Å². The second-order valence-corrected chi connectivity index (χ2v) is 8.11. The first-order valence-corrected chi connectivity index (χ1v) is 8.29. The Balaban J connectivity index is 2.14. The second-order valence-electron chi connectivity index (χ2n) is 7.68. The molecule has 0 saturated carbocycles. The molecule has 1 radical (unpaired) electrons. The van der Waals surface area contributed by atoms with Gasteiger partial charge in [0, 0.05) is 23.1 Å². The number of nitrogens with zero attached hydrogens (tertiary/aromatic N) is 4. The van der Waals surface area contributed by atoms with Gasteiger partial charge in [-0.05, 0) is 71.2 Å². The number of hydroxylamine groups is 2. The molecule has 0 amide bonds. The van der Waals surface area contributed by atoms with E-state index in [1.54, 1.807) is 0 Å². The monoisotopic (exact) mass is 337 g/mol. The summed E-state index contributed by atoms with van der Waals surface area (Å²) in [6.45, 7) is 9.91. The second kappa shape index (κ2) is 6.38. The van der Waals surface area contributed by atoms with Crippen LogP contribution in [0.3, 0.4) is 0 Å². The van der Waals surface area contributed by atoms with Crippen LogP contribution in [0.1, 0.15) is 46.1 Å². The molecule has 0 spiro atoms. The van der Waals surface area contributed by atoms with E-state index in [9.17, 15) is 5.21 Å². The van der Waals surface area contributed by atoms with Crippen molar-refractivity contribution in [2.24, 2.45) is 10.3 Å². The zero-order valence-electron chi connectivity index (χ0n) is 14.8. The fraction of sp³-hybridized carbons (Fsp3) is 0.647. The standard InChI is InChI=1S/C17H26ClN4O/c1-12-9-13(18)7-8-15(12)19-20-21(6)14-10-16(2,3)22(23)17(4,5)11-14/h7-9,14H,10-11H2,1-6H3. The number of rotatable bonds is 3. The molecular weight excluding hydrogens is 312 g/mol. The maximum absolute atomic E-state index is 12.4. The SMILES string of the molecule is Cc1cc(Cl)ccc1N=NN(C)C1CC(C)(C)N([O])C(C)(C)C1. The zero-order valence-corrected chi connectivity index (χ0v) is 15.6. The van der Waals surface area contributed by atoms with E-state index in [-0.39, 0.29) is 6.04 Å². The largest absolute Gasteiger partial charge is 0.278 e.